The van der Waals surface area contributed by atoms with Crippen molar-refractivity contribution in [1.82, 2.24) is 20.2 Å². The highest BCUT2D eigenvalue weighted by Gasteiger charge is 2.07. The molecule has 0 aliphatic carbocycles. The lowest BCUT2D eigenvalue weighted by molar-refractivity contribution is -0.113. The second-order valence-corrected chi connectivity index (χ2v) is 8.20. The first-order valence-corrected chi connectivity index (χ1v) is 10.1. The van der Waals surface area contributed by atoms with E-state index in [1.165, 1.54) is 34.9 Å². The standard InChI is InChI=1S/C16H15N5OS3/c1-10-7-11(2)19-15(18-10)25-13-5-3-12(4-6-13)20-14(22)8-23-16-21-17-9-24-16/h3-7,9H,8H2,1-2H3,(H,20,22). The first-order valence-electron chi connectivity index (χ1n) is 7.37. The van der Waals surface area contributed by atoms with E-state index in [-0.39, 0.29) is 5.91 Å². The molecule has 0 bridgehead atoms. The first-order chi connectivity index (χ1) is 12.1. The number of rotatable bonds is 6. The molecule has 128 valence electrons. The molecule has 2 aromatic heterocycles. The number of carbonyl (C=O) groups is 1. The molecule has 1 amide bonds. The minimum Gasteiger partial charge on any atom is -0.325 e. The van der Waals surface area contributed by atoms with Crippen molar-refractivity contribution >= 4 is 46.5 Å². The first kappa shape index (κ1) is 17.8. The molecule has 0 aliphatic heterocycles. The number of hydrogen-bond acceptors (Lipinski definition) is 8. The van der Waals surface area contributed by atoms with Gasteiger partial charge in [0.05, 0.1) is 5.75 Å². The van der Waals surface area contributed by atoms with Gasteiger partial charge in [0.2, 0.25) is 5.91 Å². The molecule has 6 nitrogen and oxygen atoms in total. The number of nitrogens with zero attached hydrogens (tertiary/aromatic N) is 4. The molecule has 0 atom stereocenters. The van der Waals surface area contributed by atoms with Crippen LogP contribution in [-0.2, 0) is 4.79 Å². The number of carbonyl (C=O) groups excluding carboxylic acids is 1. The quantitative estimate of drug-likeness (QED) is 0.507. The van der Waals surface area contributed by atoms with E-state index in [0.717, 1.165) is 31.5 Å². The van der Waals surface area contributed by atoms with Gasteiger partial charge in [-0.25, -0.2) is 9.97 Å². The third-order valence-electron chi connectivity index (χ3n) is 2.98. The van der Waals surface area contributed by atoms with Crippen molar-refractivity contribution in [1.29, 1.82) is 0 Å². The van der Waals surface area contributed by atoms with Crippen LogP contribution in [0, 0.1) is 13.8 Å². The zero-order chi connectivity index (χ0) is 17.6. The Morgan fingerprint density at radius 1 is 1.16 bits per heavy atom. The molecule has 0 spiro atoms. The average molecular weight is 390 g/mol. The van der Waals surface area contributed by atoms with E-state index >= 15 is 0 Å². The summed E-state index contributed by atoms with van der Waals surface area (Å²) in [6.07, 6.45) is 0. The highest BCUT2D eigenvalue weighted by molar-refractivity contribution is 8.01. The Kier molecular flexibility index (Phi) is 6.00. The largest absolute Gasteiger partial charge is 0.325 e. The number of hydrogen-bond donors (Lipinski definition) is 1. The number of thioether (sulfide) groups is 1. The van der Waals surface area contributed by atoms with Crippen LogP contribution in [0.2, 0.25) is 0 Å². The third kappa shape index (κ3) is 5.52. The van der Waals surface area contributed by atoms with E-state index < -0.39 is 0 Å². The number of aryl methyl sites for hydroxylation is 2. The summed E-state index contributed by atoms with van der Waals surface area (Å²) in [5.74, 6) is 0.237. The normalized spacial score (nSPS) is 10.6. The van der Waals surface area contributed by atoms with Gasteiger partial charge in [-0.1, -0.05) is 23.1 Å². The molecule has 9 heteroatoms. The number of benzene rings is 1. The van der Waals surface area contributed by atoms with Crippen molar-refractivity contribution in [3.05, 3.63) is 47.2 Å². The number of amides is 1. The van der Waals surface area contributed by atoms with Gasteiger partial charge < -0.3 is 5.32 Å². The van der Waals surface area contributed by atoms with E-state index in [0.29, 0.717) is 5.75 Å². The van der Waals surface area contributed by atoms with Gasteiger partial charge in [-0.2, -0.15) is 0 Å². The molecule has 1 N–H and O–H groups in total. The van der Waals surface area contributed by atoms with Crippen molar-refractivity contribution in [3.8, 4) is 0 Å². The Labute approximate surface area is 157 Å². The smallest absolute Gasteiger partial charge is 0.234 e. The van der Waals surface area contributed by atoms with Crippen LogP contribution in [0.3, 0.4) is 0 Å². The Balaban J connectivity index is 1.55. The van der Waals surface area contributed by atoms with Crippen LogP contribution in [0.4, 0.5) is 5.69 Å². The van der Waals surface area contributed by atoms with Gasteiger partial charge in [0.1, 0.15) is 5.51 Å². The summed E-state index contributed by atoms with van der Waals surface area (Å²) in [7, 11) is 0. The molecule has 0 saturated heterocycles. The molecule has 25 heavy (non-hydrogen) atoms. The van der Waals surface area contributed by atoms with Crippen LogP contribution in [0.25, 0.3) is 0 Å². The van der Waals surface area contributed by atoms with Crippen molar-refractivity contribution in [2.45, 2.75) is 28.2 Å². The fourth-order valence-corrected chi connectivity index (χ4v) is 4.15. The SMILES string of the molecule is Cc1cc(C)nc(Sc2ccc(NC(=O)CSc3nncs3)cc2)n1. The second-order valence-electron chi connectivity index (χ2n) is 5.10. The molecule has 3 aromatic rings. The van der Waals surface area contributed by atoms with Gasteiger partial charge in [0.15, 0.2) is 9.50 Å². The molecular formula is C16H15N5OS3. The Morgan fingerprint density at radius 3 is 2.52 bits per heavy atom. The maximum absolute atomic E-state index is 12.0. The highest BCUT2D eigenvalue weighted by Crippen LogP contribution is 2.26. The molecule has 2 heterocycles. The summed E-state index contributed by atoms with van der Waals surface area (Å²) in [5, 5.41) is 11.2. The van der Waals surface area contributed by atoms with Gasteiger partial charge in [-0.05, 0) is 55.9 Å². The summed E-state index contributed by atoms with van der Waals surface area (Å²) in [6.45, 7) is 3.91. The van der Waals surface area contributed by atoms with E-state index in [1.807, 2.05) is 44.2 Å². The van der Waals surface area contributed by atoms with Gasteiger partial charge in [0, 0.05) is 22.0 Å². The van der Waals surface area contributed by atoms with Crippen molar-refractivity contribution in [2.24, 2.45) is 0 Å². The van der Waals surface area contributed by atoms with Crippen molar-refractivity contribution in [3.63, 3.8) is 0 Å². The van der Waals surface area contributed by atoms with E-state index in [9.17, 15) is 4.79 Å². The van der Waals surface area contributed by atoms with Gasteiger partial charge >= 0.3 is 0 Å². The topological polar surface area (TPSA) is 80.7 Å². The molecule has 3 rings (SSSR count). The molecule has 1 aromatic carbocycles. The maximum atomic E-state index is 12.0. The second kappa shape index (κ2) is 8.41. The number of nitrogens with one attached hydrogen (secondary N) is 1. The predicted octanol–water partition coefficient (Wildman–Crippen LogP) is 3.83. The maximum Gasteiger partial charge on any atom is 0.234 e. The van der Waals surface area contributed by atoms with Crippen molar-refractivity contribution < 1.29 is 4.79 Å². The number of aromatic nitrogens is 4. The fraction of sp³-hybridized carbons (Fsp3) is 0.188. The summed E-state index contributed by atoms with van der Waals surface area (Å²) in [6, 6.07) is 9.58. The van der Waals surface area contributed by atoms with E-state index in [1.54, 1.807) is 5.51 Å². The fourth-order valence-electron chi connectivity index (χ4n) is 2.00. The molecule has 0 unspecified atom stereocenters. The Hall–Kier alpha value is -1.97. The van der Waals surface area contributed by atoms with Crippen LogP contribution < -0.4 is 5.32 Å². The van der Waals surface area contributed by atoms with Crippen LogP contribution in [0.15, 0.2) is 50.2 Å². The zero-order valence-corrected chi connectivity index (χ0v) is 16.0. The average Bonchev–Trinajstić information content (AvgIpc) is 3.07. The zero-order valence-electron chi connectivity index (χ0n) is 13.6. The third-order valence-corrected chi connectivity index (χ3v) is 5.71. The van der Waals surface area contributed by atoms with Gasteiger partial charge in [-0.15, -0.1) is 10.2 Å². The summed E-state index contributed by atoms with van der Waals surface area (Å²) < 4.78 is 0.787. The van der Waals surface area contributed by atoms with Crippen molar-refractivity contribution in [2.75, 3.05) is 11.1 Å². The molecule has 0 saturated carbocycles. The summed E-state index contributed by atoms with van der Waals surface area (Å²) in [4.78, 5) is 21.8. The number of anilines is 1. The van der Waals surface area contributed by atoms with Crippen LogP contribution in [-0.4, -0.2) is 31.8 Å². The molecule has 0 radical (unpaired) electrons. The lowest BCUT2D eigenvalue weighted by Crippen LogP contribution is -2.13. The Morgan fingerprint density at radius 2 is 1.88 bits per heavy atom. The summed E-state index contributed by atoms with van der Waals surface area (Å²) in [5.41, 5.74) is 4.31. The lowest BCUT2D eigenvalue weighted by Gasteiger charge is -2.06. The predicted molar refractivity (Wildman–Crippen MR) is 101 cm³/mol. The molecule has 0 fully saturated rings. The Bertz CT molecular complexity index is 832. The molecular weight excluding hydrogens is 374 g/mol. The van der Waals surface area contributed by atoms with Gasteiger partial charge in [-0.3, -0.25) is 4.79 Å². The van der Waals surface area contributed by atoms with E-state index in [4.69, 9.17) is 0 Å². The van der Waals surface area contributed by atoms with Crippen LogP contribution >= 0.6 is 34.9 Å². The van der Waals surface area contributed by atoms with Crippen LogP contribution in [0.1, 0.15) is 11.4 Å². The minimum atomic E-state index is -0.0711. The van der Waals surface area contributed by atoms with Gasteiger partial charge in [0.25, 0.3) is 0 Å². The summed E-state index contributed by atoms with van der Waals surface area (Å²) >= 11 is 4.30. The highest BCUT2D eigenvalue weighted by atomic mass is 32.2. The minimum absolute atomic E-state index is 0.0711. The van der Waals surface area contributed by atoms with Crippen LogP contribution in [0.5, 0.6) is 0 Å². The van der Waals surface area contributed by atoms with E-state index in [2.05, 4.69) is 25.5 Å². The lowest BCUT2D eigenvalue weighted by atomic mass is 10.3. The molecule has 0 aliphatic rings. The monoisotopic (exact) mass is 389 g/mol.